The number of carboxylic acids is 1. The predicted octanol–water partition coefficient (Wildman–Crippen LogP) is 1.66. The van der Waals surface area contributed by atoms with Crippen LogP contribution in [0.3, 0.4) is 0 Å². The molecular formula is C13H18FNO4S. The minimum Gasteiger partial charge on any atom is -0.480 e. The summed E-state index contributed by atoms with van der Waals surface area (Å²) < 4.78 is 39.5. The Balaban J connectivity index is 2.92. The van der Waals surface area contributed by atoms with Gasteiger partial charge in [0.2, 0.25) is 10.0 Å². The molecule has 1 unspecified atom stereocenters. The van der Waals surface area contributed by atoms with Crippen LogP contribution in [0.5, 0.6) is 0 Å². The van der Waals surface area contributed by atoms with Crippen LogP contribution in [0.4, 0.5) is 4.39 Å². The maximum atomic E-state index is 13.6. The summed E-state index contributed by atoms with van der Waals surface area (Å²) in [6, 6.07) is 3.00. The first-order valence-electron chi connectivity index (χ1n) is 6.10. The Morgan fingerprint density at radius 1 is 1.40 bits per heavy atom. The molecule has 1 rings (SSSR count). The van der Waals surface area contributed by atoms with Gasteiger partial charge in [0.1, 0.15) is 11.9 Å². The van der Waals surface area contributed by atoms with Gasteiger partial charge >= 0.3 is 5.97 Å². The lowest BCUT2D eigenvalue weighted by Crippen LogP contribution is -2.44. The van der Waals surface area contributed by atoms with Gasteiger partial charge in [-0.2, -0.15) is 0 Å². The molecule has 0 fully saturated rings. The summed E-state index contributed by atoms with van der Waals surface area (Å²) in [6.07, 6.45) is 0. The first-order valence-corrected chi connectivity index (χ1v) is 7.75. The maximum absolute atomic E-state index is 13.6. The van der Waals surface area contributed by atoms with Crippen molar-refractivity contribution in [2.75, 3.05) is 0 Å². The molecule has 0 aliphatic heterocycles. The second kappa shape index (κ2) is 6.32. The van der Waals surface area contributed by atoms with E-state index in [0.29, 0.717) is 5.56 Å². The van der Waals surface area contributed by atoms with E-state index in [0.717, 1.165) is 0 Å². The Bertz CT molecular complexity index is 598. The Morgan fingerprint density at radius 3 is 2.45 bits per heavy atom. The van der Waals surface area contributed by atoms with Crippen molar-refractivity contribution in [3.8, 4) is 0 Å². The number of aryl methyl sites for hydroxylation is 1. The topological polar surface area (TPSA) is 83.5 Å². The first-order chi connectivity index (χ1) is 9.12. The molecule has 1 atom stereocenters. The second-order valence-corrected chi connectivity index (χ2v) is 6.79. The minimum absolute atomic E-state index is 0.0102. The van der Waals surface area contributed by atoms with Crippen LogP contribution in [-0.4, -0.2) is 25.5 Å². The normalized spacial score (nSPS) is 13.4. The molecule has 0 bridgehead atoms. The predicted molar refractivity (Wildman–Crippen MR) is 73.2 cm³/mol. The van der Waals surface area contributed by atoms with E-state index < -0.39 is 39.5 Å². The van der Waals surface area contributed by atoms with Gasteiger partial charge in [-0.1, -0.05) is 26.0 Å². The van der Waals surface area contributed by atoms with Gasteiger partial charge in [0.05, 0.1) is 5.75 Å². The number of benzene rings is 1. The second-order valence-electron chi connectivity index (χ2n) is 5.03. The van der Waals surface area contributed by atoms with E-state index in [2.05, 4.69) is 4.72 Å². The average Bonchev–Trinajstić information content (AvgIpc) is 2.29. The summed E-state index contributed by atoms with van der Waals surface area (Å²) >= 11 is 0. The fourth-order valence-electron chi connectivity index (χ4n) is 1.68. The van der Waals surface area contributed by atoms with E-state index in [1.165, 1.54) is 12.1 Å². The van der Waals surface area contributed by atoms with Crippen LogP contribution in [0.2, 0.25) is 0 Å². The van der Waals surface area contributed by atoms with E-state index in [1.54, 1.807) is 26.8 Å². The van der Waals surface area contributed by atoms with E-state index in [9.17, 15) is 17.6 Å². The largest absolute Gasteiger partial charge is 0.480 e. The summed E-state index contributed by atoms with van der Waals surface area (Å²) in [5.74, 6) is -2.87. The lowest BCUT2D eigenvalue weighted by atomic mass is 10.1. The van der Waals surface area contributed by atoms with Crippen LogP contribution >= 0.6 is 0 Å². The van der Waals surface area contributed by atoms with Crippen molar-refractivity contribution in [2.24, 2.45) is 5.92 Å². The van der Waals surface area contributed by atoms with E-state index in [4.69, 9.17) is 5.11 Å². The van der Waals surface area contributed by atoms with Crippen LogP contribution in [0.15, 0.2) is 18.2 Å². The number of hydrogen-bond donors (Lipinski definition) is 2. The van der Waals surface area contributed by atoms with Crippen molar-refractivity contribution in [3.63, 3.8) is 0 Å². The molecular weight excluding hydrogens is 285 g/mol. The number of halogens is 1. The molecule has 0 saturated heterocycles. The van der Waals surface area contributed by atoms with Crippen molar-refractivity contribution in [1.82, 2.24) is 4.72 Å². The number of hydrogen-bond acceptors (Lipinski definition) is 3. The number of aliphatic carboxylic acids is 1. The lowest BCUT2D eigenvalue weighted by Gasteiger charge is -2.18. The zero-order valence-corrected chi connectivity index (χ0v) is 12.4. The van der Waals surface area contributed by atoms with Crippen molar-refractivity contribution < 1.29 is 22.7 Å². The van der Waals surface area contributed by atoms with E-state index in [1.807, 2.05) is 0 Å². The molecule has 20 heavy (non-hydrogen) atoms. The average molecular weight is 303 g/mol. The maximum Gasteiger partial charge on any atom is 0.321 e. The molecule has 0 aliphatic carbocycles. The van der Waals surface area contributed by atoms with Crippen molar-refractivity contribution in [2.45, 2.75) is 32.6 Å². The number of carbonyl (C=O) groups is 1. The lowest BCUT2D eigenvalue weighted by molar-refractivity contribution is -0.140. The van der Waals surface area contributed by atoms with E-state index in [-0.39, 0.29) is 5.56 Å². The summed E-state index contributed by atoms with van der Waals surface area (Å²) in [6.45, 7) is 4.88. The van der Waals surface area contributed by atoms with Gasteiger partial charge in [0.25, 0.3) is 0 Å². The first kappa shape index (κ1) is 16.6. The molecule has 0 aromatic heterocycles. The number of carboxylic acid groups (broad SMARTS) is 1. The molecule has 0 amide bonds. The van der Waals surface area contributed by atoms with Gasteiger partial charge in [-0.3, -0.25) is 4.79 Å². The monoisotopic (exact) mass is 303 g/mol. The number of nitrogens with one attached hydrogen (secondary N) is 1. The van der Waals surface area contributed by atoms with E-state index >= 15 is 0 Å². The summed E-state index contributed by atoms with van der Waals surface area (Å²) in [5.41, 5.74) is 0.693. The molecule has 112 valence electrons. The fourth-order valence-corrected chi connectivity index (χ4v) is 3.17. The molecule has 1 aromatic carbocycles. The SMILES string of the molecule is Cc1ccc(CS(=O)(=O)NC(C(=O)O)C(C)C)c(F)c1. The Hall–Kier alpha value is -1.47. The Morgan fingerprint density at radius 2 is 2.00 bits per heavy atom. The molecule has 0 radical (unpaired) electrons. The number of rotatable bonds is 6. The smallest absolute Gasteiger partial charge is 0.321 e. The molecule has 0 saturated carbocycles. The molecule has 7 heteroatoms. The van der Waals surface area contributed by atoms with Crippen LogP contribution in [0, 0.1) is 18.7 Å². The third-order valence-electron chi connectivity index (χ3n) is 2.79. The standard InChI is InChI=1S/C13H18FNO4S/c1-8(2)12(13(16)17)15-20(18,19)7-10-5-4-9(3)6-11(10)14/h4-6,8,12,15H,7H2,1-3H3,(H,16,17). The number of sulfonamides is 1. The van der Waals surface area contributed by atoms with Crippen molar-refractivity contribution in [3.05, 3.63) is 35.1 Å². The zero-order chi connectivity index (χ0) is 15.5. The summed E-state index contributed by atoms with van der Waals surface area (Å²) in [7, 11) is -3.93. The van der Waals surface area contributed by atoms with Gasteiger partial charge in [0.15, 0.2) is 0 Å². The van der Waals surface area contributed by atoms with Crippen LogP contribution in [0.1, 0.15) is 25.0 Å². The van der Waals surface area contributed by atoms with Crippen LogP contribution in [0.25, 0.3) is 0 Å². The highest BCUT2D eigenvalue weighted by molar-refractivity contribution is 7.88. The molecule has 1 aromatic rings. The van der Waals surface area contributed by atoms with Gasteiger partial charge in [0, 0.05) is 5.56 Å². The highest BCUT2D eigenvalue weighted by Crippen LogP contribution is 2.14. The highest BCUT2D eigenvalue weighted by atomic mass is 32.2. The molecule has 0 aliphatic rings. The molecule has 5 nitrogen and oxygen atoms in total. The van der Waals surface area contributed by atoms with Gasteiger partial charge in [-0.15, -0.1) is 0 Å². The Labute approximate surface area is 117 Å². The van der Waals surface area contributed by atoms with Gasteiger partial charge in [-0.05, 0) is 24.5 Å². The van der Waals surface area contributed by atoms with Gasteiger partial charge < -0.3 is 5.11 Å². The van der Waals surface area contributed by atoms with Crippen molar-refractivity contribution in [1.29, 1.82) is 0 Å². The minimum atomic E-state index is -3.93. The highest BCUT2D eigenvalue weighted by Gasteiger charge is 2.27. The fraction of sp³-hybridized carbons (Fsp3) is 0.462. The molecule has 0 heterocycles. The third-order valence-corrected chi connectivity index (χ3v) is 4.10. The third kappa shape index (κ3) is 4.57. The zero-order valence-electron chi connectivity index (χ0n) is 11.6. The molecule has 2 N–H and O–H groups in total. The summed E-state index contributed by atoms with van der Waals surface area (Å²) in [5, 5.41) is 8.96. The Kier molecular flexibility index (Phi) is 5.24. The van der Waals surface area contributed by atoms with Crippen molar-refractivity contribution >= 4 is 16.0 Å². The van der Waals surface area contributed by atoms with Crippen LogP contribution < -0.4 is 4.72 Å². The van der Waals surface area contributed by atoms with Crippen LogP contribution in [-0.2, 0) is 20.6 Å². The van der Waals surface area contributed by atoms with Gasteiger partial charge in [-0.25, -0.2) is 17.5 Å². The quantitative estimate of drug-likeness (QED) is 0.837. The molecule has 0 spiro atoms. The summed E-state index contributed by atoms with van der Waals surface area (Å²) in [4.78, 5) is 11.0.